The van der Waals surface area contributed by atoms with E-state index < -0.39 is 0 Å². The van der Waals surface area contributed by atoms with Crippen LogP contribution in [-0.4, -0.2) is 39.7 Å². The predicted molar refractivity (Wildman–Crippen MR) is 115 cm³/mol. The SMILES string of the molecule is CN=C(NCc1ccc(N2CCCC2=O)cc1)NCc1cccc(OC)c1OC. The Kier molecular flexibility index (Phi) is 6.94. The molecule has 0 spiro atoms. The average Bonchev–Trinajstić information content (AvgIpc) is 3.19. The Balaban J connectivity index is 1.55. The smallest absolute Gasteiger partial charge is 0.227 e. The number of carbonyl (C=O) groups excluding carboxylic acids is 1. The fraction of sp³-hybridized carbons (Fsp3) is 0.364. The monoisotopic (exact) mass is 396 g/mol. The van der Waals surface area contributed by atoms with E-state index in [0.29, 0.717) is 37.0 Å². The van der Waals surface area contributed by atoms with Crippen molar-refractivity contribution < 1.29 is 14.3 Å². The zero-order chi connectivity index (χ0) is 20.6. The van der Waals surface area contributed by atoms with E-state index in [-0.39, 0.29) is 5.91 Å². The Morgan fingerprint density at radius 3 is 2.45 bits per heavy atom. The van der Waals surface area contributed by atoms with Crippen LogP contribution in [0.5, 0.6) is 11.5 Å². The van der Waals surface area contributed by atoms with Gasteiger partial charge in [0.05, 0.1) is 14.2 Å². The van der Waals surface area contributed by atoms with Gasteiger partial charge in [-0.25, -0.2) is 0 Å². The molecule has 0 radical (unpaired) electrons. The van der Waals surface area contributed by atoms with Gasteiger partial charge in [-0.2, -0.15) is 0 Å². The summed E-state index contributed by atoms with van der Waals surface area (Å²) in [5.41, 5.74) is 3.06. The maximum atomic E-state index is 11.9. The van der Waals surface area contributed by atoms with Crippen molar-refractivity contribution in [3.63, 3.8) is 0 Å². The van der Waals surface area contributed by atoms with E-state index in [1.807, 2.05) is 47.4 Å². The number of carbonyl (C=O) groups is 1. The number of guanidine groups is 1. The van der Waals surface area contributed by atoms with Gasteiger partial charge in [0.25, 0.3) is 0 Å². The van der Waals surface area contributed by atoms with Crippen molar-refractivity contribution in [2.45, 2.75) is 25.9 Å². The van der Waals surface area contributed by atoms with Crippen LogP contribution in [0.25, 0.3) is 0 Å². The molecule has 0 aromatic heterocycles. The fourth-order valence-electron chi connectivity index (χ4n) is 3.39. The highest BCUT2D eigenvalue weighted by Gasteiger charge is 2.21. The zero-order valence-electron chi connectivity index (χ0n) is 17.2. The highest BCUT2D eigenvalue weighted by Crippen LogP contribution is 2.30. The molecule has 0 saturated carbocycles. The molecule has 0 aliphatic carbocycles. The van der Waals surface area contributed by atoms with Crippen LogP contribution in [0.4, 0.5) is 5.69 Å². The lowest BCUT2D eigenvalue weighted by Crippen LogP contribution is -2.36. The first-order valence-electron chi connectivity index (χ1n) is 9.70. The topological polar surface area (TPSA) is 75.2 Å². The van der Waals surface area contributed by atoms with E-state index in [1.165, 1.54) is 0 Å². The van der Waals surface area contributed by atoms with E-state index in [2.05, 4.69) is 15.6 Å². The van der Waals surface area contributed by atoms with Crippen molar-refractivity contribution in [1.29, 1.82) is 0 Å². The van der Waals surface area contributed by atoms with E-state index in [4.69, 9.17) is 9.47 Å². The molecule has 0 atom stereocenters. The molecule has 2 aromatic carbocycles. The number of hydrogen-bond donors (Lipinski definition) is 2. The predicted octanol–water partition coefficient (Wildman–Crippen LogP) is 2.70. The summed E-state index contributed by atoms with van der Waals surface area (Å²) >= 11 is 0. The van der Waals surface area contributed by atoms with Crippen LogP contribution in [0.15, 0.2) is 47.5 Å². The number of ether oxygens (including phenoxy) is 2. The third kappa shape index (κ3) is 4.99. The Bertz CT molecular complexity index is 865. The van der Waals surface area contributed by atoms with Crippen LogP contribution in [0.1, 0.15) is 24.0 Å². The number of benzene rings is 2. The van der Waals surface area contributed by atoms with Crippen molar-refractivity contribution in [2.24, 2.45) is 4.99 Å². The Morgan fingerprint density at radius 2 is 1.83 bits per heavy atom. The van der Waals surface area contributed by atoms with Crippen LogP contribution >= 0.6 is 0 Å². The molecule has 0 unspecified atom stereocenters. The minimum absolute atomic E-state index is 0.202. The Hall–Kier alpha value is -3.22. The number of methoxy groups -OCH3 is 2. The van der Waals surface area contributed by atoms with Gasteiger partial charge in [-0.3, -0.25) is 9.79 Å². The third-order valence-electron chi connectivity index (χ3n) is 4.94. The lowest BCUT2D eigenvalue weighted by molar-refractivity contribution is -0.117. The third-order valence-corrected chi connectivity index (χ3v) is 4.94. The molecule has 0 bridgehead atoms. The maximum Gasteiger partial charge on any atom is 0.227 e. The van der Waals surface area contributed by atoms with Crippen molar-refractivity contribution in [3.8, 4) is 11.5 Å². The van der Waals surface area contributed by atoms with Crippen LogP contribution in [0.2, 0.25) is 0 Å². The number of rotatable bonds is 7. The van der Waals surface area contributed by atoms with E-state index in [9.17, 15) is 4.79 Å². The van der Waals surface area contributed by atoms with Gasteiger partial charge in [-0.05, 0) is 30.2 Å². The molecule has 154 valence electrons. The van der Waals surface area contributed by atoms with Crippen molar-refractivity contribution in [1.82, 2.24) is 10.6 Å². The lowest BCUT2D eigenvalue weighted by Gasteiger charge is -2.17. The van der Waals surface area contributed by atoms with Gasteiger partial charge in [0, 0.05) is 44.4 Å². The molecule has 7 nitrogen and oxygen atoms in total. The van der Waals surface area contributed by atoms with Gasteiger partial charge >= 0.3 is 0 Å². The molecular weight excluding hydrogens is 368 g/mol. The number of amides is 1. The minimum atomic E-state index is 0.202. The molecule has 1 amide bonds. The molecule has 7 heteroatoms. The van der Waals surface area contributed by atoms with Crippen molar-refractivity contribution in [2.75, 3.05) is 32.7 Å². The van der Waals surface area contributed by atoms with Gasteiger partial charge in [0.1, 0.15) is 0 Å². The average molecular weight is 396 g/mol. The van der Waals surface area contributed by atoms with Crippen molar-refractivity contribution >= 4 is 17.6 Å². The van der Waals surface area contributed by atoms with Gasteiger partial charge < -0.3 is 25.0 Å². The first-order valence-corrected chi connectivity index (χ1v) is 9.70. The molecule has 1 fully saturated rings. The number of para-hydroxylation sites is 1. The summed E-state index contributed by atoms with van der Waals surface area (Å²) in [7, 11) is 4.99. The standard InChI is InChI=1S/C22H28N4O3/c1-23-22(25-15-17-6-4-7-19(28-2)21(17)29-3)24-14-16-9-11-18(12-10-16)26-13-5-8-20(26)27/h4,6-7,9-12H,5,8,13-15H2,1-3H3,(H2,23,24,25). The molecule has 1 aliphatic rings. The normalized spacial score (nSPS) is 14.1. The summed E-state index contributed by atoms with van der Waals surface area (Å²) in [6.07, 6.45) is 1.57. The molecule has 1 heterocycles. The number of anilines is 1. The maximum absolute atomic E-state index is 11.9. The number of nitrogens with one attached hydrogen (secondary N) is 2. The summed E-state index contributed by atoms with van der Waals surface area (Å²) in [6, 6.07) is 13.9. The molecule has 3 rings (SSSR count). The van der Waals surface area contributed by atoms with Crippen LogP contribution in [0, 0.1) is 0 Å². The lowest BCUT2D eigenvalue weighted by atomic mass is 10.2. The summed E-state index contributed by atoms with van der Waals surface area (Å²) in [5.74, 6) is 2.30. The Labute approximate surface area is 171 Å². The minimum Gasteiger partial charge on any atom is -0.493 e. The number of aliphatic imine (C=N–C) groups is 1. The Morgan fingerprint density at radius 1 is 1.07 bits per heavy atom. The van der Waals surface area contributed by atoms with E-state index in [1.54, 1.807) is 21.3 Å². The summed E-state index contributed by atoms with van der Waals surface area (Å²) in [6.45, 7) is 1.99. The van der Waals surface area contributed by atoms with E-state index in [0.717, 1.165) is 29.8 Å². The van der Waals surface area contributed by atoms with Gasteiger partial charge in [-0.1, -0.05) is 24.3 Å². The van der Waals surface area contributed by atoms with Gasteiger partial charge in [0.15, 0.2) is 17.5 Å². The number of nitrogens with zero attached hydrogens (tertiary/aromatic N) is 2. The second kappa shape index (κ2) is 9.82. The second-order valence-electron chi connectivity index (χ2n) is 6.75. The van der Waals surface area contributed by atoms with E-state index >= 15 is 0 Å². The molecule has 29 heavy (non-hydrogen) atoms. The summed E-state index contributed by atoms with van der Waals surface area (Å²) < 4.78 is 10.8. The second-order valence-corrected chi connectivity index (χ2v) is 6.75. The van der Waals surface area contributed by atoms with Crippen LogP contribution in [0.3, 0.4) is 0 Å². The van der Waals surface area contributed by atoms with Gasteiger partial charge in [-0.15, -0.1) is 0 Å². The highest BCUT2D eigenvalue weighted by atomic mass is 16.5. The zero-order valence-corrected chi connectivity index (χ0v) is 17.2. The molecule has 2 N–H and O–H groups in total. The van der Waals surface area contributed by atoms with Crippen molar-refractivity contribution in [3.05, 3.63) is 53.6 Å². The summed E-state index contributed by atoms with van der Waals surface area (Å²) in [4.78, 5) is 18.0. The number of hydrogen-bond acceptors (Lipinski definition) is 4. The van der Waals surface area contributed by atoms with Crippen LogP contribution < -0.4 is 25.0 Å². The van der Waals surface area contributed by atoms with Gasteiger partial charge in [0.2, 0.25) is 5.91 Å². The highest BCUT2D eigenvalue weighted by molar-refractivity contribution is 5.95. The first kappa shape index (κ1) is 20.5. The molecule has 2 aromatic rings. The largest absolute Gasteiger partial charge is 0.493 e. The van der Waals surface area contributed by atoms with Crippen LogP contribution in [-0.2, 0) is 17.9 Å². The molecule has 1 saturated heterocycles. The molecular formula is C22H28N4O3. The fourth-order valence-corrected chi connectivity index (χ4v) is 3.39. The summed E-state index contributed by atoms with van der Waals surface area (Å²) in [5, 5.41) is 6.60. The quantitative estimate of drug-likeness (QED) is 0.556. The molecule has 1 aliphatic heterocycles. The first-order chi connectivity index (χ1) is 14.2.